The fourth-order valence-electron chi connectivity index (χ4n) is 2.00. The van der Waals surface area contributed by atoms with E-state index in [1.807, 2.05) is 0 Å². The minimum Gasteiger partial charge on any atom is -0.461 e. The summed E-state index contributed by atoms with van der Waals surface area (Å²) in [6.07, 6.45) is 0.197. The Hall–Kier alpha value is -1.37. The summed E-state index contributed by atoms with van der Waals surface area (Å²) >= 11 is 0. The molecule has 4 nitrogen and oxygen atoms in total. The van der Waals surface area contributed by atoms with Gasteiger partial charge in [-0.2, -0.15) is 18.2 Å². The predicted octanol–water partition coefficient (Wildman–Crippen LogP) is 2.15. The summed E-state index contributed by atoms with van der Waals surface area (Å²) in [4.78, 5) is 6.98. The van der Waals surface area contributed by atoms with Crippen molar-refractivity contribution in [1.29, 1.82) is 0 Å². The average Bonchev–Trinajstić information content (AvgIpc) is 2.74. The molecule has 1 aromatic rings. The molecule has 1 aromatic heterocycles. The Morgan fingerprint density at radius 1 is 1.33 bits per heavy atom. The summed E-state index contributed by atoms with van der Waals surface area (Å²) in [7, 11) is 0. The number of alkyl halides is 3. The molecule has 0 aliphatic heterocycles. The summed E-state index contributed by atoms with van der Waals surface area (Å²) in [5.41, 5.74) is 4.56. The number of halogens is 3. The van der Waals surface area contributed by atoms with Crippen molar-refractivity contribution in [2.45, 2.75) is 37.4 Å². The first-order valence-corrected chi connectivity index (χ1v) is 5.71. The lowest BCUT2D eigenvalue weighted by Crippen LogP contribution is -2.42. The van der Waals surface area contributed by atoms with Gasteiger partial charge in [0.2, 0.25) is 0 Å². The minimum atomic E-state index is -4.49. The second kappa shape index (κ2) is 4.72. The molecule has 0 saturated heterocycles. The zero-order valence-corrected chi connectivity index (χ0v) is 9.70. The number of ether oxygens (including phenoxy) is 1. The van der Waals surface area contributed by atoms with Crippen molar-refractivity contribution in [3.8, 4) is 6.01 Å². The van der Waals surface area contributed by atoms with Gasteiger partial charge in [-0.15, -0.1) is 0 Å². The van der Waals surface area contributed by atoms with E-state index in [9.17, 15) is 13.2 Å². The van der Waals surface area contributed by atoms with Crippen LogP contribution in [0.2, 0.25) is 0 Å². The van der Waals surface area contributed by atoms with E-state index < -0.39 is 17.4 Å². The van der Waals surface area contributed by atoms with E-state index in [0.29, 0.717) is 0 Å². The van der Waals surface area contributed by atoms with Crippen molar-refractivity contribution in [2.75, 3.05) is 6.61 Å². The van der Waals surface area contributed by atoms with Gasteiger partial charge in [0, 0.05) is 6.20 Å². The van der Waals surface area contributed by atoms with Gasteiger partial charge in [0.05, 0.1) is 5.54 Å². The van der Waals surface area contributed by atoms with Crippen LogP contribution >= 0.6 is 0 Å². The first kappa shape index (κ1) is 13.1. The molecule has 0 aromatic carbocycles. The molecule has 0 bridgehead atoms. The number of nitrogens with two attached hydrogens (primary N) is 1. The number of rotatable bonds is 3. The Morgan fingerprint density at radius 2 is 2.00 bits per heavy atom. The van der Waals surface area contributed by atoms with E-state index in [2.05, 4.69) is 9.97 Å². The maximum absolute atomic E-state index is 12.4. The Kier molecular flexibility index (Phi) is 3.43. The van der Waals surface area contributed by atoms with Gasteiger partial charge in [-0.1, -0.05) is 12.8 Å². The van der Waals surface area contributed by atoms with Crippen LogP contribution in [0.5, 0.6) is 6.01 Å². The lowest BCUT2D eigenvalue weighted by atomic mass is 10.0. The van der Waals surface area contributed by atoms with Gasteiger partial charge in [0.15, 0.2) is 5.69 Å². The molecular weight excluding hydrogens is 247 g/mol. The first-order chi connectivity index (χ1) is 8.39. The van der Waals surface area contributed by atoms with E-state index in [0.717, 1.165) is 37.9 Å². The van der Waals surface area contributed by atoms with E-state index in [1.54, 1.807) is 0 Å². The smallest absolute Gasteiger partial charge is 0.433 e. The van der Waals surface area contributed by atoms with Crippen LogP contribution in [0.25, 0.3) is 0 Å². The van der Waals surface area contributed by atoms with Gasteiger partial charge in [0.25, 0.3) is 0 Å². The zero-order valence-electron chi connectivity index (χ0n) is 9.70. The van der Waals surface area contributed by atoms with Gasteiger partial charge in [0.1, 0.15) is 6.61 Å². The highest BCUT2D eigenvalue weighted by Crippen LogP contribution is 2.29. The van der Waals surface area contributed by atoms with Crippen LogP contribution in [0.1, 0.15) is 31.4 Å². The molecule has 0 atom stereocenters. The van der Waals surface area contributed by atoms with Crippen LogP contribution in [0, 0.1) is 0 Å². The largest absolute Gasteiger partial charge is 0.461 e. The zero-order chi connectivity index (χ0) is 13.2. The monoisotopic (exact) mass is 261 g/mol. The average molecular weight is 261 g/mol. The fraction of sp³-hybridized carbons (Fsp3) is 0.636. The molecule has 1 heterocycles. The maximum atomic E-state index is 12.4. The summed E-state index contributed by atoms with van der Waals surface area (Å²) in [6, 6.07) is 0.530. The third kappa shape index (κ3) is 3.10. The topological polar surface area (TPSA) is 61.0 Å². The van der Waals surface area contributed by atoms with Crippen LogP contribution in [0.3, 0.4) is 0 Å². The van der Waals surface area contributed by atoms with Crippen molar-refractivity contribution >= 4 is 0 Å². The Balaban J connectivity index is 2.01. The summed E-state index contributed by atoms with van der Waals surface area (Å²) in [5.74, 6) is 0. The quantitative estimate of drug-likeness (QED) is 0.905. The van der Waals surface area contributed by atoms with E-state index >= 15 is 0 Å². The molecule has 0 spiro atoms. The lowest BCUT2D eigenvalue weighted by molar-refractivity contribution is -0.141. The highest BCUT2D eigenvalue weighted by atomic mass is 19.4. The standard InChI is InChI=1S/C11H14F3N3O/c12-11(13,14)8-3-6-16-9(17-8)18-7-10(15)4-1-2-5-10/h3,6H,1-2,4-5,7,15H2. The Morgan fingerprint density at radius 3 is 2.61 bits per heavy atom. The Labute approximate surface area is 102 Å². The second-order valence-corrected chi connectivity index (χ2v) is 4.58. The van der Waals surface area contributed by atoms with E-state index in [-0.39, 0.29) is 12.6 Å². The van der Waals surface area contributed by atoms with Gasteiger partial charge >= 0.3 is 12.2 Å². The van der Waals surface area contributed by atoms with E-state index in [4.69, 9.17) is 10.5 Å². The molecule has 1 fully saturated rings. The van der Waals surface area contributed by atoms with Crippen molar-refractivity contribution < 1.29 is 17.9 Å². The van der Waals surface area contributed by atoms with Crippen LogP contribution in [0.15, 0.2) is 12.3 Å². The molecule has 18 heavy (non-hydrogen) atoms. The molecule has 0 amide bonds. The van der Waals surface area contributed by atoms with Gasteiger partial charge in [-0.25, -0.2) is 4.98 Å². The molecule has 2 rings (SSSR count). The highest BCUT2D eigenvalue weighted by molar-refractivity contribution is 5.09. The van der Waals surface area contributed by atoms with Crippen molar-refractivity contribution in [1.82, 2.24) is 9.97 Å². The summed E-state index contributed by atoms with van der Waals surface area (Å²) < 4.78 is 42.4. The van der Waals surface area contributed by atoms with Crippen molar-refractivity contribution in [3.05, 3.63) is 18.0 Å². The van der Waals surface area contributed by atoms with Crippen LogP contribution in [0.4, 0.5) is 13.2 Å². The number of hydrogen-bond acceptors (Lipinski definition) is 4. The number of aromatic nitrogens is 2. The predicted molar refractivity (Wildman–Crippen MR) is 57.9 cm³/mol. The molecular formula is C11H14F3N3O. The third-order valence-corrected chi connectivity index (χ3v) is 3.01. The first-order valence-electron chi connectivity index (χ1n) is 5.71. The van der Waals surface area contributed by atoms with Gasteiger partial charge in [-0.05, 0) is 18.9 Å². The summed E-state index contributed by atoms with van der Waals surface area (Å²) in [5, 5.41) is 0. The molecule has 0 radical (unpaired) electrons. The highest BCUT2D eigenvalue weighted by Gasteiger charge is 2.34. The van der Waals surface area contributed by atoms with Crippen LogP contribution in [-0.2, 0) is 6.18 Å². The number of nitrogens with zero attached hydrogens (tertiary/aromatic N) is 2. The number of hydrogen-bond donors (Lipinski definition) is 1. The molecule has 1 aliphatic carbocycles. The van der Waals surface area contributed by atoms with Crippen LogP contribution in [-0.4, -0.2) is 22.1 Å². The molecule has 1 aliphatic rings. The van der Waals surface area contributed by atoms with Gasteiger partial charge < -0.3 is 10.5 Å². The maximum Gasteiger partial charge on any atom is 0.433 e. The van der Waals surface area contributed by atoms with E-state index in [1.165, 1.54) is 0 Å². The molecule has 100 valence electrons. The lowest BCUT2D eigenvalue weighted by Gasteiger charge is -2.22. The molecule has 7 heteroatoms. The second-order valence-electron chi connectivity index (χ2n) is 4.58. The Bertz CT molecular complexity index is 416. The SMILES string of the molecule is NC1(COc2nccc(C(F)(F)F)n2)CCCC1. The molecule has 1 saturated carbocycles. The third-order valence-electron chi connectivity index (χ3n) is 3.01. The van der Waals surface area contributed by atoms with Crippen LogP contribution < -0.4 is 10.5 Å². The van der Waals surface area contributed by atoms with Crippen molar-refractivity contribution in [3.63, 3.8) is 0 Å². The fourth-order valence-corrected chi connectivity index (χ4v) is 2.00. The molecule has 2 N–H and O–H groups in total. The van der Waals surface area contributed by atoms with Crippen molar-refractivity contribution in [2.24, 2.45) is 5.73 Å². The minimum absolute atomic E-state index is 0.147. The van der Waals surface area contributed by atoms with Gasteiger partial charge in [-0.3, -0.25) is 0 Å². The molecule has 0 unspecified atom stereocenters. The summed E-state index contributed by atoms with van der Waals surface area (Å²) in [6.45, 7) is 0.147. The normalized spacial score (nSPS) is 18.9.